The zero-order chi connectivity index (χ0) is 15.8. The molecule has 1 aliphatic heterocycles. The monoisotopic (exact) mass is 316 g/mol. The van der Waals surface area contributed by atoms with Crippen LogP contribution in [0.15, 0.2) is 24.3 Å². The van der Waals surface area contributed by atoms with E-state index in [1.54, 1.807) is 12.1 Å². The SMILES string of the molecule is CC1(c2ccc(OC(F)(F)F)cc2)CCC2(CC1)OCCO2. The number of alkyl halides is 3. The first-order valence-corrected chi connectivity index (χ1v) is 7.45. The molecule has 1 aromatic carbocycles. The molecule has 1 aliphatic carbocycles. The number of benzene rings is 1. The molecule has 1 spiro atoms. The van der Waals surface area contributed by atoms with Gasteiger partial charge >= 0.3 is 6.36 Å². The quantitative estimate of drug-likeness (QED) is 0.820. The molecule has 1 aromatic rings. The first kappa shape index (κ1) is 15.6. The van der Waals surface area contributed by atoms with Gasteiger partial charge in [-0.15, -0.1) is 13.2 Å². The van der Waals surface area contributed by atoms with Gasteiger partial charge in [0, 0.05) is 12.8 Å². The van der Waals surface area contributed by atoms with E-state index in [0.29, 0.717) is 13.2 Å². The van der Waals surface area contributed by atoms with Gasteiger partial charge in [-0.1, -0.05) is 19.1 Å². The molecule has 0 N–H and O–H groups in total. The smallest absolute Gasteiger partial charge is 0.406 e. The van der Waals surface area contributed by atoms with Crippen molar-refractivity contribution in [2.45, 2.75) is 50.2 Å². The predicted molar refractivity (Wildman–Crippen MR) is 73.6 cm³/mol. The fourth-order valence-electron chi connectivity index (χ4n) is 3.32. The fraction of sp³-hybridized carbons (Fsp3) is 0.625. The van der Waals surface area contributed by atoms with Crippen molar-refractivity contribution in [3.63, 3.8) is 0 Å². The molecular formula is C16H19F3O3. The van der Waals surface area contributed by atoms with Crippen molar-refractivity contribution in [1.82, 2.24) is 0 Å². The summed E-state index contributed by atoms with van der Waals surface area (Å²) in [6.07, 6.45) is -1.27. The third-order valence-corrected chi connectivity index (χ3v) is 4.71. The molecule has 0 aromatic heterocycles. The summed E-state index contributed by atoms with van der Waals surface area (Å²) in [7, 11) is 0. The van der Waals surface area contributed by atoms with Crippen molar-refractivity contribution in [3.05, 3.63) is 29.8 Å². The molecule has 3 rings (SSSR count). The van der Waals surface area contributed by atoms with E-state index in [1.165, 1.54) is 12.1 Å². The minimum Gasteiger partial charge on any atom is -0.406 e. The molecule has 1 saturated carbocycles. The number of hydrogen-bond acceptors (Lipinski definition) is 3. The standard InChI is InChI=1S/C16H19F3O3/c1-14(6-8-15(9-7-14)20-10-11-21-15)12-2-4-13(5-3-12)22-16(17,18)19/h2-5H,6-11H2,1H3. The van der Waals surface area contributed by atoms with E-state index < -0.39 is 12.1 Å². The van der Waals surface area contributed by atoms with Crippen molar-refractivity contribution < 1.29 is 27.4 Å². The van der Waals surface area contributed by atoms with Crippen LogP contribution in [-0.4, -0.2) is 25.4 Å². The predicted octanol–water partition coefficient (Wildman–Crippen LogP) is 4.16. The van der Waals surface area contributed by atoms with E-state index in [9.17, 15) is 13.2 Å². The molecule has 6 heteroatoms. The van der Waals surface area contributed by atoms with Crippen LogP contribution in [0.1, 0.15) is 38.2 Å². The van der Waals surface area contributed by atoms with Crippen molar-refractivity contribution >= 4 is 0 Å². The molecule has 2 fully saturated rings. The second-order valence-electron chi connectivity index (χ2n) is 6.24. The Bertz CT molecular complexity index is 508. The normalized spacial score (nSPS) is 23.6. The Morgan fingerprint density at radius 1 is 0.955 bits per heavy atom. The summed E-state index contributed by atoms with van der Waals surface area (Å²) in [5.74, 6) is -0.617. The first-order chi connectivity index (χ1) is 10.3. The maximum absolute atomic E-state index is 12.2. The van der Waals surface area contributed by atoms with Gasteiger partial charge in [-0.3, -0.25) is 0 Å². The first-order valence-electron chi connectivity index (χ1n) is 7.45. The van der Waals surface area contributed by atoms with Crippen LogP contribution in [0.2, 0.25) is 0 Å². The Labute approximate surface area is 127 Å². The Morgan fingerprint density at radius 3 is 2.00 bits per heavy atom. The van der Waals surface area contributed by atoms with E-state index in [0.717, 1.165) is 31.2 Å². The Hall–Kier alpha value is -1.27. The van der Waals surface area contributed by atoms with E-state index in [-0.39, 0.29) is 11.2 Å². The van der Waals surface area contributed by atoms with Gasteiger partial charge in [0.1, 0.15) is 5.75 Å². The molecule has 1 saturated heterocycles. The number of ether oxygens (including phenoxy) is 3. The van der Waals surface area contributed by atoms with E-state index >= 15 is 0 Å². The van der Waals surface area contributed by atoms with Gasteiger partial charge in [0.2, 0.25) is 0 Å². The maximum atomic E-state index is 12.2. The Balaban J connectivity index is 1.68. The van der Waals surface area contributed by atoms with Gasteiger partial charge in [0.05, 0.1) is 13.2 Å². The van der Waals surface area contributed by atoms with Crippen LogP contribution in [0.5, 0.6) is 5.75 Å². The lowest BCUT2D eigenvalue weighted by Gasteiger charge is -2.42. The van der Waals surface area contributed by atoms with Gasteiger partial charge in [-0.05, 0) is 36.0 Å². The van der Waals surface area contributed by atoms with Gasteiger partial charge < -0.3 is 14.2 Å². The molecule has 0 bridgehead atoms. The molecule has 122 valence electrons. The molecule has 3 nitrogen and oxygen atoms in total. The highest BCUT2D eigenvalue weighted by Gasteiger charge is 2.44. The number of rotatable bonds is 2. The summed E-state index contributed by atoms with van der Waals surface area (Å²) < 4.78 is 51.9. The molecule has 0 atom stereocenters. The molecule has 22 heavy (non-hydrogen) atoms. The highest BCUT2D eigenvalue weighted by atomic mass is 19.4. The van der Waals surface area contributed by atoms with Crippen molar-refractivity contribution in [2.75, 3.05) is 13.2 Å². The number of halogens is 3. The highest BCUT2D eigenvalue weighted by molar-refractivity contribution is 5.32. The highest BCUT2D eigenvalue weighted by Crippen LogP contribution is 2.46. The third kappa shape index (κ3) is 3.22. The van der Waals surface area contributed by atoms with E-state index in [2.05, 4.69) is 11.7 Å². The van der Waals surface area contributed by atoms with Gasteiger partial charge in [0.15, 0.2) is 5.79 Å². The van der Waals surface area contributed by atoms with Crippen LogP contribution >= 0.6 is 0 Å². The lowest BCUT2D eigenvalue weighted by atomic mass is 9.69. The van der Waals surface area contributed by atoms with Crippen molar-refractivity contribution in [1.29, 1.82) is 0 Å². The molecule has 0 radical (unpaired) electrons. The fourth-order valence-corrected chi connectivity index (χ4v) is 3.32. The van der Waals surface area contributed by atoms with E-state index in [1.807, 2.05) is 0 Å². The minimum atomic E-state index is -4.65. The summed E-state index contributed by atoms with van der Waals surface area (Å²) in [5.41, 5.74) is 0.951. The maximum Gasteiger partial charge on any atom is 0.573 e. The van der Waals surface area contributed by atoms with Gasteiger partial charge in [-0.2, -0.15) is 0 Å². The van der Waals surface area contributed by atoms with Crippen molar-refractivity contribution in [2.24, 2.45) is 0 Å². The van der Waals surface area contributed by atoms with Crippen LogP contribution in [0, 0.1) is 0 Å². The summed E-state index contributed by atoms with van der Waals surface area (Å²) in [4.78, 5) is 0. The summed E-state index contributed by atoms with van der Waals surface area (Å²) >= 11 is 0. The lowest BCUT2D eigenvalue weighted by molar-refractivity contribution is -0.274. The largest absolute Gasteiger partial charge is 0.573 e. The summed E-state index contributed by atoms with van der Waals surface area (Å²) in [6, 6.07) is 6.19. The second kappa shape index (κ2) is 5.42. The zero-order valence-electron chi connectivity index (χ0n) is 12.4. The van der Waals surface area contributed by atoms with Gasteiger partial charge in [-0.25, -0.2) is 0 Å². The Kier molecular flexibility index (Phi) is 3.85. The molecule has 0 unspecified atom stereocenters. The number of hydrogen-bond donors (Lipinski definition) is 0. The average molecular weight is 316 g/mol. The van der Waals surface area contributed by atoms with Crippen LogP contribution in [0.3, 0.4) is 0 Å². The topological polar surface area (TPSA) is 27.7 Å². The van der Waals surface area contributed by atoms with Crippen LogP contribution in [-0.2, 0) is 14.9 Å². The van der Waals surface area contributed by atoms with E-state index in [4.69, 9.17) is 9.47 Å². The van der Waals surface area contributed by atoms with Gasteiger partial charge in [0.25, 0.3) is 0 Å². The lowest BCUT2D eigenvalue weighted by Crippen LogP contribution is -2.40. The van der Waals surface area contributed by atoms with Crippen LogP contribution in [0.4, 0.5) is 13.2 Å². The van der Waals surface area contributed by atoms with Crippen molar-refractivity contribution in [3.8, 4) is 5.75 Å². The van der Waals surface area contributed by atoms with Crippen LogP contribution in [0.25, 0.3) is 0 Å². The summed E-state index contributed by atoms with van der Waals surface area (Å²) in [5, 5.41) is 0. The third-order valence-electron chi connectivity index (χ3n) is 4.71. The molecule has 2 aliphatic rings. The molecular weight excluding hydrogens is 297 g/mol. The minimum absolute atomic E-state index is 0.0721. The molecule has 0 amide bonds. The Morgan fingerprint density at radius 2 is 1.50 bits per heavy atom. The molecule has 1 heterocycles. The van der Waals surface area contributed by atoms with Crippen LogP contribution < -0.4 is 4.74 Å². The zero-order valence-corrected chi connectivity index (χ0v) is 12.4. The average Bonchev–Trinajstić information content (AvgIpc) is 2.90. The summed E-state index contributed by atoms with van der Waals surface area (Å²) in [6.45, 7) is 3.41. The second-order valence-corrected chi connectivity index (χ2v) is 6.24.